The number of anilines is 1. The number of aromatic nitrogens is 4. The first-order valence-corrected chi connectivity index (χ1v) is 14.0. The molecule has 4 aromatic rings. The summed E-state index contributed by atoms with van der Waals surface area (Å²) in [6.07, 6.45) is -5.00. The topological polar surface area (TPSA) is 226 Å². The second-order valence-electron chi connectivity index (χ2n) is 8.98. The number of aliphatic hydroxyl groups is 3. The van der Waals surface area contributed by atoms with E-state index < -0.39 is 41.0 Å². The minimum atomic E-state index is -1.42. The SMILES string of the molecule is Nc1nc(SCc2ccc([N+](=O)[O-])cc2)c2nc(SCc3ccc([N+](=O)[O-])cc3)n([C@@H]3O[C@@H](CO)[C@@H](O)[C@H]3O)c2n1. The highest BCUT2D eigenvalue weighted by Gasteiger charge is 2.45. The maximum Gasteiger partial charge on any atom is 0.269 e. The van der Waals surface area contributed by atoms with Crippen LogP contribution in [0.2, 0.25) is 0 Å². The number of aliphatic hydroxyl groups excluding tert-OH is 3. The number of ether oxygens (including phenoxy) is 1. The highest BCUT2D eigenvalue weighted by Crippen LogP contribution is 2.39. The summed E-state index contributed by atoms with van der Waals surface area (Å²) in [7, 11) is 0. The molecule has 0 aliphatic carbocycles. The Morgan fingerprint density at radius 2 is 1.44 bits per heavy atom. The molecule has 5 N–H and O–H groups in total. The lowest BCUT2D eigenvalue weighted by Crippen LogP contribution is -2.33. The van der Waals surface area contributed by atoms with Crippen molar-refractivity contribution in [1.29, 1.82) is 0 Å². The van der Waals surface area contributed by atoms with Crippen LogP contribution in [0.4, 0.5) is 17.3 Å². The average Bonchev–Trinajstić information content (AvgIpc) is 3.46. The minimum absolute atomic E-state index is 0.0284. The van der Waals surface area contributed by atoms with Gasteiger partial charge in [0.1, 0.15) is 28.9 Å². The summed E-state index contributed by atoms with van der Waals surface area (Å²) in [6, 6.07) is 12.1. The summed E-state index contributed by atoms with van der Waals surface area (Å²) in [5, 5.41) is 53.5. The van der Waals surface area contributed by atoms with Crippen LogP contribution in [0, 0.1) is 20.2 Å². The van der Waals surface area contributed by atoms with Crippen molar-refractivity contribution >= 4 is 52.0 Å². The van der Waals surface area contributed by atoms with Crippen molar-refractivity contribution in [1.82, 2.24) is 19.5 Å². The molecule has 1 fully saturated rings. The summed E-state index contributed by atoms with van der Waals surface area (Å²) in [5.74, 6) is 0.642. The third kappa shape index (κ3) is 5.95. The lowest BCUT2D eigenvalue weighted by atomic mass is 10.1. The number of non-ortho nitro benzene ring substituents is 2. The number of nitro benzene ring substituents is 2. The van der Waals surface area contributed by atoms with Crippen LogP contribution in [0.3, 0.4) is 0 Å². The Morgan fingerprint density at radius 3 is 1.95 bits per heavy atom. The van der Waals surface area contributed by atoms with Crippen LogP contribution in [-0.2, 0) is 16.2 Å². The number of nitro groups is 2. The van der Waals surface area contributed by atoms with E-state index in [2.05, 4.69) is 9.97 Å². The first-order valence-electron chi connectivity index (χ1n) is 12.1. The molecule has 0 spiro atoms. The lowest BCUT2D eigenvalue weighted by Gasteiger charge is -2.19. The molecule has 17 heteroatoms. The average molecular weight is 602 g/mol. The van der Waals surface area contributed by atoms with Gasteiger partial charge in [0.2, 0.25) is 5.95 Å². The van der Waals surface area contributed by atoms with Crippen molar-refractivity contribution in [3.05, 3.63) is 79.9 Å². The van der Waals surface area contributed by atoms with Gasteiger partial charge in [-0.1, -0.05) is 47.8 Å². The van der Waals surface area contributed by atoms with Gasteiger partial charge in [-0.05, 0) is 11.1 Å². The van der Waals surface area contributed by atoms with Gasteiger partial charge in [0.05, 0.1) is 16.5 Å². The molecule has 0 saturated carbocycles. The fourth-order valence-corrected chi connectivity index (χ4v) is 6.10. The second kappa shape index (κ2) is 11.9. The van der Waals surface area contributed by atoms with Crippen LogP contribution < -0.4 is 5.73 Å². The molecule has 214 valence electrons. The molecule has 1 aliphatic heterocycles. The number of rotatable bonds is 10. The van der Waals surface area contributed by atoms with E-state index in [9.17, 15) is 35.5 Å². The smallest absolute Gasteiger partial charge is 0.269 e. The van der Waals surface area contributed by atoms with Crippen molar-refractivity contribution in [3.63, 3.8) is 0 Å². The third-order valence-electron chi connectivity index (χ3n) is 6.30. The number of nitrogens with zero attached hydrogens (tertiary/aromatic N) is 6. The van der Waals surface area contributed by atoms with Gasteiger partial charge < -0.3 is 25.8 Å². The van der Waals surface area contributed by atoms with Crippen LogP contribution in [-0.4, -0.2) is 69.6 Å². The number of hydrogen-bond acceptors (Lipinski definition) is 14. The van der Waals surface area contributed by atoms with E-state index in [1.807, 2.05) is 0 Å². The molecule has 0 radical (unpaired) electrons. The quantitative estimate of drug-likeness (QED) is 0.0886. The van der Waals surface area contributed by atoms with E-state index >= 15 is 0 Å². The molecule has 15 nitrogen and oxygen atoms in total. The van der Waals surface area contributed by atoms with Crippen LogP contribution in [0.15, 0.2) is 58.7 Å². The number of benzene rings is 2. The fourth-order valence-electron chi connectivity index (χ4n) is 4.20. The number of hydrogen-bond donors (Lipinski definition) is 4. The van der Waals surface area contributed by atoms with Crippen molar-refractivity contribution in [2.24, 2.45) is 0 Å². The summed E-state index contributed by atoms with van der Waals surface area (Å²) in [6.45, 7) is -0.528. The van der Waals surface area contributed by atoms with E-state index in [4.69, 9.17) is 15.5 Å². The Balaban J connectivity index is 1.50. The summed E-state index contributed by atoms with van der Waals surface area (Å²) >= 11 is 2.52. The van der Waals surface area contributed by atoms with Gasteiger partial charge in [-0.15, -0.1) is 0 Å². The van der Waals surface area contributed by atoms with Crippen LogP contribution >= 0.6 is 23.5 Å². The molecule has 2 aromatic carbocycles. The summed E-state index contributed by atoms with van der Waals surface area (Å²) < 4.78 is 7.27. The molecule has 41 heavy (non-hydrogen) atoms. The molecule has 0 unspecified atom stereocenters. The Hall–Kier alpha value is -3.87. The molecule has 4 atom stereocenters. The molecule has 3 heterocycles. The van der Waals surface area contributed by atoms with Gasteiger partial charge >= 0.3 is 0 Å². The van der Waals surface area contributed by atoms with Crippen molar-refractivity contribution < 1.29 is 29.9 Å². The molecular formula is C24H23N7O8S2. The lowest BCUT2D eigenvalue weighted by molar-refractivity contribution is -0.385. The van der Waals surface area contributed by atoms with Gasteiger partial charge in [0, 0.05) is 35.8 Å². The zero-order valence-corrected chi connectivity index (χ0v) is 22.6. The van der Waals surface area contributed by atoms with Gasteiger partial charge in [0.25, 0.3) is 11.4 Å². The zero-order chi connectivity index (χ0) is 29.3. The predicted molar refractivity (Wildman–Crippen MR) is 148 cm³/mol. The van der Waals surface area contributed by atoms with E-state index in [1.165, 1.54) is 52.4 Å². The van der Waals surface area contributed by atoms with E-state index in [-0.39, 0.29) is 23.0 Å². The molecule has 1 aliphatic rings. The Bertz CT molecular complexity index is 1590. The maximum atomic E-state index is 11.0. The zero-order valence-electron chi connectivity index (χ0n) is 21.0. The van der Waals surface area contributed by atoms with Crippen molar-refractivity contribution in [2.45, 2.75) is 46.2 Å². The van der Waals surface area contributed by atoms with Crippen LogP contribution in [0.5, 0.6) is 0 Å². The largest absolute Gasteiger partial charge is 0.394 e. The molecule has 1 saturated heterocycles. The molecular weight excluding hydrogens is 578 g/mol. The highest BCUT2D eigenvalue weighted by atomic mass is 32.2. The number of thioether (sulfide) groups is 2. The van der Waals surface area contributed by atoms with E-state index in [0.29, 0.717) is 27.2 Å². The fraction of sp³-hybridized carbons (Fsp3) is 0.292. The number of fused-ring (bicyclic) bond motifs is 1. The van der Waals surface area contributed by atoms with Gasteiger partial charge in [-0.3, -0.25) is 24.8 Å². The van der Waals surface area contributed by atoms with Gasteiger partial charge in [-0.25, -0.2) is 9.97 Å². The maximum absolute atomic E-state index is 11.0. The van der Waals surface area contributed by atoms with Crippen molar-refractivity contribution in [3.8, 4) is 0 Å². The number of imidazole rings is 1. The summed E-state index contributed by atoms with van der Waals surface area (Å²) in [4.78, 5) is 34.4. The minimum Gasteiger partial charge on any atom is -0.394 e. The first kappa shape index (κ1) is 28.7. The van der Waals surface area contributed by atoms with Crippen LogP contribution in [0.1, 0.15) is 17.4 Å². The van der Waals surface area contributed by atoms with Crippen molar-refractivity contribution in [2.75, 3.05) is 12.3 Å². The highest BCUT2D eigenvalue weighted by molar-refractivity contribution is 7.98. The van der Waals surface area contributed by atoms with Gasteiger partial charge in [-0.2, -0.15) is 4.98 Å². The van der Waals surface area contributed by atoms with E-state index in [0.717, 1.165) is 11.1 Å². The molecule has 0 amide bonds. The first-order chi connectivity index (χ1) is 19.7. The number of nitrogen functional groups attached to an aromatic ring is 1. The predicted octanol–water partition coefficient (Wildman–Crippen LogP) is 2.42. The van der Waals surface area contributed by atoms with E-state index in [1.54, 1.807) is 24.3 Å². The Kier molecular flexibility index (Phi) is 8.34. The monoisotopic (exact) mass is 601 g/mol. The summed E-state index contributed by atoms with van der Waals surface area (Å²) in [5.41, 5.74) is 8.09. The second-order valence-corrected chi connectivity index (χ2v) is 10.9. The Labute approximate surface area is 239 Å². The molecule has 2 aromatic heterocycles. The number of nitrogens with two attached hydrogens (primary N) is 1. The Morgan fingerprint density at radius 1 is 0.878 bits per heavy atom. The standard InChI is InChI=1S/C24H23N7O8S2/c25-23-27-20-17(21(28-23)40-10-12-1-5-14(6-2-12)30(35)36)26-24(29(20)22-19(34)18(33)16(9-32)39-22)41-11-13-3-7-15(8-4-13)31(37)38/h1-8,16,18-19,22,32-34H,9-11H2,(H2,25,27,28)/t16-,18+,19+,22+/m0/s1. The molecule has 5 rings (SSSR count). The van der Waals surface area contributed by atoms with Crippen LogP contribution in [0.25, 0.3) is 11.2 Å². The molecule has 0 bridgehead atoms. The normalized spacial score (nSPS) is 20.5. The third-order valence-corrected chi connectivity index (χ3v) is 8.36. The van der Waals surface area contributed by atoms with Gasteiger partial charge in [0.15, 0.2) is 17.0 Å².